The molecule has 1 aromatic carbocycles. The molecule has 0 spiro atoms. The van der Waals surface area contributed by atoms with Gasteiger partial charge >= 0.3 is 11.8 Å². The Morgan fingerprint density at radius 2 is 2.07 bits per heavy atom. The summed E-state index contributed by atoms with van der Waals surface area (Å²) in [6.07, 6.45) is 2.30. The molecule has 2 saturated heterocycles. The third-order valence-corrected chi connectivity index (χ3v) is 6.25. The van der Waals surface area contributed by atoms with Gasteiger partial charge < -0.3 is 14.6 Å². The number of carbonyl (C=O) groups excluding carboxylic acids is 1. The van der Waals surface area contributed by atoms with Crippen LogP contribution in [0.3, 0.4) is 0 Å². The number of fused-ring (bicyclic) bond motifs is 1. The number of hydrogen-bond donors (Lipinski definition) is 1. The molecule has 0 aliphatic carbocycles. The van der Waals surface area contributed by atoms with Crippen molar-refractivity contribution < 1.29 is 13.9 Å². The number of hydrogen-bond acceptors (Lipinski definition) is 4. The van der Waals surface area contributed by atoms with Crippen molar-refractivity contribution in [2.75, 3.05) is 32.8 Å². The number of imidazole rings is 1. The van der Waals surface area contributed by atoms with Crippen LogP contribution in [0.25, 0.3) is 11.0 Å². The molecule has 7 nitrogen and oxygen atoms in total. The molecule has 0 saturated carbocycles. The summed E-state index contributed by atoms with van der Waals surface area (Å²) >= 11 is 0. The lowest BCUT2D eigenvalue weighted by Gasteiger charge is -2.43. The van der Waals surface area contributed by atoms with Crippen LogP contribution in [-0.4, -0.2) is 63.8 Å². The Morgan fingerprint density at radius 1 is 1.32 bits per heavy atom. The predicted molar refractivity (Wildman–Crippen MR) is 104 cm³/mol. The number of halogens is 1. The first-order valence-electron chi connectivity index (χ1n) is 9.98. The molecule has 2 aliphatic rings. The molecule has 2 fully saturated rings. The van der Waals surface area contributed by atoms with Gasteiger partial charge in [-0.2, -0.15) is 0 Å². The quantitative estimate of drug-likeness (QED) is 0.875. The van der Waals surface area contributed by atoms with Gasteiger partial charge in [-0.1, -0.05) is 0 Å². The minimum atomic E-state index is -0.338. The molecule has 1 amide bonds. The van der Waals surface area contributed by atoms with E-state index in [0.717, 1.165) is 32.4 Å². The smallest absolute Gasteiger partial charge is 0.409 e. The maximum atomic E-state index is 13.7. The van der Waals surface area contributed by atoms with E-state index in [-0.39, 0.29) is 29.2 Å². The third-order valence-electron chi connectivity index (χ3n) is 6.25. The van der Waals surface area contributed by atoms with Crippen molar-refractivity contribution in [1.82, 2.24) is 19.4 Å². The minimum absolute atomic E-state index is 0.0467. The fourth-order valence-electron chi connectivity index (χ4n) is 4.69. The summed E-state index contributed by atoms with van der Waals surface area (Å²) in [6.45, 7) is 7.44. The molecule has 1 unspecified atom stereocenters. The Hall–Kier alpha value is -2.35. The van der Waals surface area contributed by atoms with E-state index in [0.29, 0.717) is 30.7 Å². The fraction of sp³-hybridized carbons (Fsp3) is 0.600. The zero-order valence-electron chi connectivity index (χ0n) is 16.4. The molecule has 1 atom stereocenters. The number of likely N-dealkylation sites (tertiary alicyclic amines) is 2. The molecule has 2 aliphatic heterocycles. The van der Waals surface area contributed by atoms with Gasteiger partial charge in [-0.25, -0.2) is 14.0 Å². The number of aromatic nitrogens is 2. The summed E-state index contributed by atoms with van der Waals surface area (Å²) in [6, 6.07) is 4.45. The maximum Gasteiger partial charge on any atom is 0.409 e. The Labute approximate surface area is 163 Å². The number of nitrogens with one attached hydrogen (secondary N) is 1. The van der Waals surface area contributed by atoms with Crippen molar-refractivity contribution in [1.29, 1.82) is 0 Å². The first kappa shape index (κ1) is 19.0. The number of rotatable bonds is 3. The average Bonchev–Trinajstić information content (AvgIpc) is 3.22. The monoisotopic (exact) mass is 390 g/mol. The van der Waals surface area contributed by atoms with E-state index in [1.807, 2.05) is 6.92 Å². The van der Waals surface area contributed by atoms with E-state index in [1.54, 1.807) is 15.5 Å². The van der Waals surface area contributed by atoms with Crippen LogP contribution in [0.5, 0.6) is 0 Å². The second-order valence-corrected chi connectivity index (χ2v) is 8.05. The topological polar surface area (TPSA) is 70.6 Å². The molecule has 0 radical (unpaired) electrons. The Kier molecular flexibility index (Phi) is 4.91. The summed E-state index contributed by atoms with van der Waals surface area (Å²) in [5.74, 6) is -0.338. The zero-order valence-corrected chi connectivity index (χ0v) is 16.4. The highest BCUT2D eigenvalue weighted by Gasteiger charge is 2.42. The Morgan fingerprint density at radius 3 is 2.79 bits per heavy atom. The molecule has 2 aromatic rings. The number of aromatic amines is 1. The highest BCUT2D eigenvalue weighted by atomic mass is 19.1. The highest BCUT2D eigenvalue weighted by Crippen LogP contribution is 2.34. The molecule has 152 valence electrons. The van der Waals surface area contributed by atoms with Crippen molar-refractivity contribution in [3.63, 3.8) is 0 Å². The summed E-state index contributed by atoms with van der Waals surface area (Å²) in [5, 5.41) is 0. The molecular weight excluding hydrogens is 363 g/mol. The van der Waals surface area contributed by atoms with Crippen LogP contribution < -0.4 is 5.69 Å². The molecule has 1 aromatic heterocycles. The van der Waals surface area contributed by atoms with Gasteiger partial charge in [0.2, 0.25) is 0 Å². The summed E-state index contributed by atoms with van der Waals surface area (Å²) < 4.78 is 20.5. The molecule has 8 heteroatoms. The maximum absolute atomic E-state index is 13.7. The standard InChI is InChI=1S/C20H27FN4O3/c1-3-28-19(27)23-11-8-20(2,13-23)24-9-6-15(7-10-24)25-17-12-14(21)4-5-16(17)22-18(25)26/h4-5,12,15H,3,6-11,13H2,1-2H3,(H,22,26). The van der Waals surface area contributed by atoms with Gasteiger partial charge in [-0.3, -0.25) is 9.47 Å². The Bertz CT molecular complexity index is 931. The van der Waals surface area contributed by atoms with E-state index in [1.165, 1.54) is 12.1 Å². The molecular formula is C20H27FN4O3. The molecule has 28 heavy (non-hydrogen) atoms. The number of ether oxygens (including phenoxy) is 1. The first-order valence-corrected chi connectivity index (χ1v) is 9.98. The second kappa shape index (κ2) is 7.24. The van der Waals surface area contributed by atoms with Crippen LogP contribution in [0.1, 0.15) is 39.2 Å². The summed E-state index contributed by atoms with van der Waals surface area (Å²) in [4.78, 5) is 31.5. The van der Waals surface area contributed by atoms with Crippen molar-refractivity contribution in [2.45, 2.75) is 44.7 Å². The average molecular weight is 390 g/mol. The molecule has 1 N–H and O–H groups in total. The van der Waals surface area contributed by atoms with Gasteiger partial charge in [0.1, 0.15) is 5.82 Å². The molecule has 3 heterocycles. The van der Waals surface area contributed by atoms with Gasteiger partial charge in [0.05, 0.1) is 17.6 Å². The van der Waals surface area contributed by atoms with Gasteiger partial charge in [0, 0.05) is 37.8 Å². The van der Waals surface area contributed by atoms with Crippen LogP contribution in [0.2, 0.25) is 0 Å². The van der Waals surface area contributed by atoms with Crippen LogP contribution in [0, 0.1) is 5.82 Å². The van der Waals surface area contributed by atoms with Crippen LogP contribution in [0.15, 0.2) is 23.0 Å². The number of amides is 1. The van der Waals surface area contributed by atoms with E-state index in [4.69, 9.17) is 4.74 Å². The third kappa shape index (κ3) is 3.30. The SMILES string of the molecule is CCOC(=O)N1CCC(C)(N2CCC(n3c(=O)[nH]c4ccc(F)cc43)CC2)C1. The normalized spacial score (nSPS) is 24.2. The van der Waals surface area contributed by atoms with Crippen LogP contribution in [-0.2, 0) is 4.74 Å². The van der Waals surface area contributed by atoms with E-state index < -0.39 is 0 Å². The van der Waals surface area contributed by atoms with Crippen LogP contribution >= 0.6 is 0 Å². The van der Waals surface area contributed by atoms with Gasteiger partial charge in [-0.15, -0.1) is 0 Å². The minimum Gasteiger partial charge on any atom is -0.450 e. The fourth-order valence-corrected chi connectivity index (χ4v) is 4.69. The number of H-pyrrole nitrogens is 1. The lowest BCUT2D eigenvalue weighted by Crippen LogP contribution is -2.52. The predicted octanol–water partition coefficient (Wildman–Crippen LogP) is 2.73. The lowest BCUT2D eigenvalue weighted by atomic mass is 9.94. The largest absolute Gasteiger partial charge is 0.450 e. The van der Waals surface area contributed by atoms with Crippen molar-refractivity contribution in [2.24, 2.45) is 0 Å². The van der Waals surface area contributed by atoms with Crippen molar-refractivity contribution in [3.8, 4) is 0 Å². The van der Waals surface area contributed by atoms with Gasteiger partial charge in [-0.05, 0) is 51.3 Å². The number of benzene rings is 1. The number of nitrogens with zero attached hydrogens (tertiary/aromatic N) is 3. The van der Waals surface area contributed by atoms with Gasteiger partial charge in [0.25, 0.3) is 0 Å². The zero-order chi connectivity index (χ0) is 19.9. The molecule has 0 bridgehead atoms. The highest BCUT2D eigenvalue weighted by molar-refractivity contribution is 5.75. The Balaban J connectivity index is 1.46. The van der Waals surface area contributed by atoms with E-state index >= 15 is 0 Å². The number of piperidine rings is 1. The summed E-state index contributed by atoms with van der Waals surface area (Å²) in [7, 11) is 0. The molecule has 4 rings (SSSR count). The first-order chi connectivity index (χ1) is 13.4. The summed E-state index contributed by atoms with van der Waals surface area (Å²) in [5.41, 5.74) is 1.04. The van der Waals surface area contributed by atoms with Crippen molar-refractivity contribution in [3.05, 3.63) is 34.5 Å². The van der Waals surface area contributed by atoms with Crippen LogP contribution in [0.4, 0.5) is 9.18 Å². The lowest BCUT2D eigenvalue weighted by molar-refractivity contribution is 0.0640. The van der Waals surface area contributed by atoms with Crippen molar-refractivity contribution >= 4 is 17.1 Å². The van der Waals surface area contributed by atoms with Gasteiger partial charge in [0.15, 0.2) is 0 Å². The van der Waals surface area contributed by atoms with E-state index in [2.05, 4.69) is 16.8 Å². The van der Waals surface area contributed by atoms with E-state index in [9.17, 15) is 14.0 Å². The second-order valence-electron chi connectivity index (χ2n) is 8.05. The number of carbonyl (C=O) groups is 1.